The summed E-state index contributed by atoms with van der Waals surface area (Å²) in [5.41, 5.74) is 0.471. The number of hydrogen-bond donors (Lipinski definition) is 2. The first-order valence-corrected chi connectivity index (χ1v) is 6.79. The zero-order chi connectivity index (χ0) is 14.8. The lowest BCUT2D eigenvalue weighted by Crippen LogP contribution is -2.49. The molecular weight excluding hydrogens is 272 g/mol. The van der Waals surface area contributed by atoms with E-state index in [0.717, 1.165) is 19.6 Å². The summed E-state index contributed by atoms with van der Waals surface area (Å²) in [6.07, 6.45) is 0. The summed E-state index contributed by atoms with van der Waals surface area (Å²) in [5.74, 6) is 1.000. The molecule has 0 amide bonds. The smallest absolute Gasteiger partial charge is 0.280 e. The molecule has 8 nitrogen and oxygen atoms in total. The van der Waals surface area contributed by atoms with Gasteiger partial charge in [0.1, 0.15) is 0 Å². The summed E-state index contributed by atoms with van der Waals surface area (Å²) < 4.78 is 0. The van der Waals surface area contributed by atoms with Crippen molar-refractivity contribution >= 4 is 11.6 Å². The van der Waals surface area contributed by atoms with Crippen molar-refractivity contribution in [2.75, 3.05) is 24.5 Å². The summed E-state index contributed by atoms with van der Waals surface area (Å²) in [7, 11) is 0. The van der Waals surface area contributed by atoms with E-state index >= 15 is 0 Å². The first-order chi connectivity index (χ1) is 10.1. The second-order valence-electron chi connectivity index (χ2n) is 5.06. The molecule has 0 spiro atoms. The zero-order valence-corrected chi connectivity index (χ0v) is 11.6. The number of nitro benzene ring substituents is 1. The second-order valence-corrected chi connectivity index (χ2v) is 5.06. The predicted octanol–water partition coefficient (Wildman–Crippen LogP) is 1.18. The van der Waals surface area contributed by atoms with E-state index in [1.807, 2.05) is 0 Å². The van der Waals surface area contributed by atoms with E-state index in [2.05, 4.69) is 32.3 Å². The summed E-state index contributed by atoms with van der Waals surface area (Å²) in [6.45, 7) is 4.60. The number of nitro groups is 1. The van der Waals surface area contributed by atoms with Crippen molar-refractivity contribution in [3.05, 3.63) is 34.4 Å². The van der Waals surface area contributed by atoms with E-state index in [4.69, 9.17) is 0 Å². The maximum absolute atomic E-state index is 11.1. The van der Waals surface area contributed by atoms with Gasteiger partial charge in [0.25, 0.3) is 5.69 Å². The quantitative estimate of drug-likeness (QED) is 0.649. The summed E-state index contributed by atoms with van der Waals surface area (Å²) in [6, 6.07) is 6.88. The minimum absolute atomic E-state index is 0.0221. The van der Waals surface area contributed by atoms with Crippen LogP contribution in [0.2, 0.25) is 0 Å². The van der Waals surface area contributed by atoms with Crippen LogP contribution in [0, 0.1) is 10.1 Å². The molecule has 1 aromatic heterocycles. The number of H-pyrrole nitrogens is 1. The number of piperazine rings is 1. The lowest BCUT2D eigenvalue weighted by Gasteiger charge is -2.30. The van der Waals surface area contributed by atoms with Crippen LogP contribution in [-0.4, -0.2) is 45.8 Å². The van der Waals surface area contributed by atoms with E-state index in [0.29, 0.717) is 23.4 Å². The number of anilines is 1. The zero-order valence-electron chi connectivity index (χ0n) is 11.6. The lowest BCUT2D eigenvalue weighted by atomic mass is 10.2. The van der Waals surface area contributed by atoms with Crippen LogP contribution in [0.25, 0.3) is 11.4 Å². The Labute approximate surface area is 121 Å². The summed E-state index contributed by atoms with van der Waals surface area (Å²) >= 11 is 0. The highest BCUT2D eigenvalue weighted by molar-refractivity contribution is 5.68. The fourth-order valence-electron chi connectivity index (χ4n) is 2.46. The maximum atomic E-state index is 11.1. The number of para-hydroxylation sites is 1. The van der Waals surface area contributed by atoms with Gasteiger partial charge in [0.2, 0.25) is 5.95 Å². The van der Waals surface area contributed by atoms with E-state index in [-0.39, 0.29) is 5.69 Å². The lowest BCUT2D eigenvalue weighted by molar-refractivity contribution is -0.384. The molecule has 1 aromatic carbocycles. The maximum Gasteiger partial charge on any atom is 0.280 e. The van der Waals surface area contributed by atoms with Crippen LogP contribution in [0.15, 0.2) is 24.3 Å². The normalized spacial score (nSPS) is 18.7. The van der Waals surface area contributed by atoms with Gasteiger partial charge in [-0.05, 0) is 13.0 Å². The van der Waals surface area contributed by atoms with Gasteiger partial charge in [-0.3, -0.25) is 15.2 Å². The largest absolute Gasteiger partial charge is 0.337 e. The Hall–Kier alpha value is -2.48. The number of aromatic nitrogens is 3. The van der Waals surface area contributed by atoms with Crippen LogP contribution in [0.4, 0.5) is 11.6 Å². The second kappa shape index (κ2) is 5.49. The van der Waals surface area contributed by atoms with Gasteiger partial charge < -0.3 is 10.2 Å². The first kappa shape index (κ1) is 13.5. The molecule has 2 N–H and O–H groups in total. The van der Waals surface area contributed by atoms with E-state index in [9.17, 15) is 10.1 Å². The highest BCUT2D eigenvalue weighted by Gasteiger charge is 2.22. The van der Waals surface area contributed by atoms with Gasteiger partial charge in [-0.15, -0.1) is 5.10 Å². The number of nitrogens with one attached hydrogen (secondary N) is 2. The predicted molar refractivity (Wildman–Crippen MR) is 78.2 cm³/mol. The molecule has 1 atom stereocenters. The van der Waals surface area contributed by atoms with Gasteiger partial charge in [-0.2, -0.15) is 4.98 Å². The Morgan fingerprint density at radius 3 is 3.00 bits per heavy atom. The molecule has 1 aliphatic rings. The standard InChI is InChI=1S/C13H16N6O2/c1-9-8-18(7-6-14-9)13-15-12(16-17-13)10-4-2-3-5-11(10)19(20)21/h2-5,9,14H,6-8H2,1H3,(H,15,16,17)/t9-/m1/s1. The molecule has 0 saturated carbocycles. The van der Waals surface area contributed by atoms with E-state index in [1.54, 1.807) is 18.2 Å². The monoisotopic (exact) mass is 288 g/mol. The molecule has 0 unspecified atom stereocenters. The molecule has 21 heavy (non-hydrogen) atoms. The van der Waals surface area contributed by atoms with Crippen molar-refractivity contribution in [2.45, 2.75) is 13.0 Å². The van der Waals surface area contributed by atoms with Crippen molar-refractivity contribution in [3.63, 3.8) is 0 Å². The van der Waals surface area contributed by atoms with Gasteiger partial charge in [0.05, 0.1) is 10.5 Å². The van der Waals surface area contributed by atoms with Crippen LogP contribution >= 0.6 is 0 Å². The molecule has 1 fully saturated rings. The molecule has 0 aliphatic carbocycles. The van der Waals surface area contributed by atoms with Gasteiger partial charge in [0, 0.05) is 31.7 Å². The molecule has 2 heterocycles. The van der Waals surface area contributed by atoms with Crippen molar-refractivity contribution in [3.8, 4) is 11.4 Å². The highest BCUT2D eigenvalue weighted by atomic mass is 16.6. The number of hydrogen-bond acceptors (Lipinski definition) is 6. The Morgan fingerprint density at radius 1 is 1.43 bits per heavy atom. The Balaban J connectivity index is 1.90. The van der Waals surface area contributed by atoms with E-state index in [1.165, 1.54) is 6.07 Å². The number of aromatic amines is 1. The van der Waals surface area contributed by atoms with Crippen LogP contribution in [0.3, 0.4) is 0 Å². The van der Waals surface area contributed by atoms with Crippen LogP contribution < -0.4 is 10.2 Å². The Morgan fingerprint density at radius 2 is 2.24 bits per heavy atom. The minimum Gasteiger partial charge on any atom is -0.337 e. The number of benzene rings is 1. The Bertz CT molecular complexity index is 656. The molecule has 3 rings (SSSR count). The van der Waals surface area contributed by atoms with Gasteiger partial charge in [-0.25, -0.2) is 0 Å². The van der Waals surface area contributed by atoms with Crippen molar-refractivity contribution < 1.29 is 4.92 Å². The van der Waals surface area contributed by atoms with E-state index < -0.39 is 4.92 Å². The minimum atomic E-state index is -0.412. The highest BCUT2D eigenvalue weighted by Crippen LogP contribution is 2.27. The van der Waals surface area contributed by atoms with Crippen molar-refractivity contribution in [2.24, 2.45) is 0 Å². The van der Waals surface area contributed by atoms with Crippen molar-refractivity contribution in [1.29, 1.82) is 0 Å². The van der Waals surface area contributed by atoms with Gasteiger partial charge >= 0.3 is 0 Å². The molecule has 1 aliphatic heterocycles. The molecule has 110 valence electrons. The van der Waals surface area contributed by atoms with Crippen molar-refractivity contribution in [1.82, 2.24) is 20.5 Å². The molecule has 0 bridgehead atoms. The first-order valence-electron chi connectivity index (χ1n) is 6.79. The summed E-state index contributed by atoms with van der Waals surface area (Å²) in [5, 5.41) is 21.4. The summed E-state index contributed by atoms with van der Waals surface area (Å²) in [4.78, 5) is 17.1. The SMILES string of the molecule is C[C@@H]1CN(c2n[nH]c(-c3ccccc3[N+](=O)[O-])n2)CCN1. The Kier molecular flexibility index (Phi) is 3.53. The van der Waals surface area contributed by atoms with Crippen LogP contribution in [-0.2, 0) is 0 Å². The molecule has 2 aromatic rings. The molecular formula is C13H16N6O2. The fourth-order valence-corrected chi connectivity index (χ4v) is 2.46. The molecule has 8 heteroatoms. The third kappa shape index (κ3) is 2.70. The van der Waals surface area contributed by atoms with Crippen LogP contribution in [0.5, 0.6) is 0 Å². The number of nitrogens with zero attached hydrogens (tertiary/aromatic N) is 4. The fraction of sp³-hybridized carbons (Fsp3) is 0.385. The van der Waals surface area contributed by atoms with Gasteiger partial charge in [-0.1, -0.05) is 12.1 Å². The molecule has 1 saturated heterocycles. The average molecular weight is 288 g/mol. The number of rotatable bonds is 3. The molecule has 0 radical (unpaired) electrons. The average Bonchev–Trinajstić information content (AvgIpc) is 2.97. The van der Waals surface area contributed by atoms with Crippen LogP contribution in [0.1, 0.15) is 6.92 Å². The third-order valence-electron chi connectivity index (χ3n) is 3.48. The third-order valence-corrected chi connectivity index (χ3v) is 3.48. The van der Waals surface area contributed by atoms with Gasteiger partial charge in [0.15, 0.2) is 5.82 Å². The topological polar surface area (TPSA) is 100.0 Å².